The predicted molar refractivity (Wildman–Crippen MR) is 49.6 cm³/mol. The molecule has 1 heterocycles. The molecule has 0 aromatic carbocycles. The molecular formula is C7H7F3O2S2. The first-order valence-electron chi connectivity index (χ1n) is 3.76. The molecular weight excluding hydrogens is 237 g/mol. The Kier molecular flexibility index (Phi) is 3.88. The van der Waals surface area contributed by atoms with E-state index in [0.29, 0.717) is 11.5 Å². The van der Waals surface area contributed by atoms with Crippen LogP contribution in [0.2, 0.25) is 0 Å². The van der Waals surface area contributed by atoms with Gasteiger partial charge in [0, 0.05) is 11.5 Å². The van der Waals surface area contributed by atoms with Crippen LogP contribution in [0.4, 0.5) is 13.2 Å². The molecule has 0 aliphatic carbocycles. The monoisotopic (exact) mass is 244 g/mol. The SMILES string of the molecule is O=C1CSCCSC1C(=O)C(F)(F)F. The van der Waals surface area contributed by atoms with Crippen molar-refractivity contribution in [2.45, 2.75) is 11.4 Å². The van der Waals surface area contributed by atoms with E-state index >= 15 is 0 Å². The predicted octanol–water partition coefficient (Wildman–Crippen LogP) is 1.54. The van der Waals surface area contributed by atoms with Gasteiger partial charge in [0.15, 0.2) is 5.78 Å². The average molecular weight is 244 g/mol. The molecule has 1 aliphatic rings. The first kappa shape index (κ1) is 11.9. The lowest BCUT2D eigenvalue weighted by Gasteiger charge is -2.12. The summed E-state index contributed by atoms with van der Waals surface area (Å²) in [7, 11) is 0. The number of thioether (sulfide) groups is 2. The Morgan fingerprint density at radius 1 is 1.36 bits per heavy atom. The molecule has 7 heteroatoms. The van der Waals surface area contributed by atoms with Gasteiger partial charge in [-0.25, -0.2) is 0 Å². The summed E-state index contributed by atoms with van der Waals surface area (Å²) in [6.07, 6.45) is -4.90. The summed E-state index contributed by atoms with van der Waals surface area (Å²) in [4.78, 5) is 21.9. The number of carbonyl (C=O) groups excluding carboxylic acids is 2. The van der Waals surface area contributed by atoms with Crippen molar-refractivity contribution >= 4 is 35.1 Å². The molecule has 0 spiro atoms. The molecule has 80 valence electrons. The van der Waals surface area contributed by atoms with Crippen LogP contribution in [0.3, 0.4) is 0 Å². The summed E-state index contributed by atoms with van der Waals surface area (Å²) < 4.78 is 36.1. The van der Waals surface area contributed by atoms with Gasteiger partial charge in [0.25, 0.3) is 5.78 Å². The van der Waals surface area contributed by atoms with E-state index in [2.05, 4.69) is 0 Å². The number of Topliss-reactive ketones (excluding diaryl/α,β-unsaturated/α-hetero) is 2. The Morgan fingerprint density at radius 2 is 2.00 bits per heavy atom. The molecule has 0 radical (unpaired) electrons. The molecule has 1 saturated heterocycles. The van der Waals surface area contributed by atoms with Gasteiger partial charge in [0.05, 0.1) is 5.75 Å². The van der Waals surface area contributed by atoms with E-state index in [1.54, 1.807) is 0 Å². The van der Waals surface area contributed by atoms with Gasteiger partial charge in [-0.05, 0) is 0 Å². The quantitative estimate of drug-likeness (QED) is 0.655. The minimum atomic E-state index is -4.90. The maximum atomic E-state index is 12.0. The minimum Gasteiger partial charge on any atom is -0.297 e. The zero-order valence-electron chi connectivity index (χ0n) is 6.97. The van der Waals surface area contributed by atoms with E-state index in [0.717, 1.165) is 11.8 Å². The van der Waals surface area contributed by atoms with Gasteiger partial charge < -0.3 is 0 Å². The molecule has 14 heavy (non-hydrogen) atoms. The second-order valence-corrected chi connectivity index (χ2v) is 4.95. The third kappa shape index (κ3) is 2.91. The third-order valence-corrected chi connectivity index (χ3v) is 4.06. The highest BCUT2D eigenvalue weighted by atomic mass is 32.2. The molecule has 0 N–H and O–H groups in total. The molecule has 1 atom stereocenters. The largest absolute Gasteiger partial charge is 0.451 e. The molecule has 1 fully saturated rings. The topological polar surface area (TPSA) is 34.1 Å². The van der Waals surface area contributed by atoms with E-state index in [1.807, 2.05) is 0 Å². The molecule has 0 amide bonds. The van der Waals surface area contributed by atoms with E-state index in [1.165, 1.54) is 11.8 Å². The lowest BCUT2D eigenvalue weighted by atomic mass is 10.2. The van der Waals surface area contributed by atoms with Crippen molar-refractivity contribution in [3.8, 4) is 0 Å². The van der Waals surface area contributed by atoms with Crippen LogP contribution in [0.25, 0.3) is 0 Å². The molecule has 0 bridgehead atoms. The van der Waals surface area contributed by atoms with E-state index in [-0.39, 0.29) is 5.75 Å². The van der Waals surface area contributed by atoms with Crippen molar-refractivity contribution in [1.82, 2.24) is 0 Å². The van der Waals surface area contributed by atoms with Crippen LogP contribution < -0.4 is 0 Å². The summed E-state index contributed by atoms with van der Waals surface area (Å²) in [6, 6.07) is 0. The lowest BCUT2D eigenvalue weighted by molar-refractivity contribution is -0.171. The number of halogens is 3. The van der Waals surface area contributed by atoms with E-state index in [4.69, 9.17) is 0 Å². The second kappa shape index (κ2) is 4.57. The lowest BCUT2D eigenvalue weighted by Crippen LogP contribution is -2.38. The van der Waals surface area contributed by atoms with Gasteiger partial charge in [-0.3, -0.25) is 9.59 Å². The Hall–Kier alpha value is -0.170. The standard InChI is InChI=1S/C7H7F3O2S2/c8-7(9,10)6(12)5-4(11)3-13-1-2-14-5/h5H,1-3H2. The Bertz CT molecular complexity index is 252. The van der Waals surface area contributed by atoms with Crippen LogP contribution in [-0.2, 0) is 9.59 Å². The summed E-state index contributed by atoms with van der Waals surface area (Å²) in [5, 5.41) is -1.54. The maximum absolute atomic E-state index is 12.0. The Labute approximate surface area is 87.0 Å². The van der Waals surface area contributed by atoms with Gasteiger partial charge in [0.2, 0.25) is 0 Å². The van der Waals surface area contributed by atoms with Gasteiger partial charge >= 0.3 is 6.18 Å². The highest BCUT2D eigenvalue weighted by molar-refractivity contribution is 8.05. The summed E-state index contributed by atoms with van der Waals surface area (Å²) >= 11 is 2.05. The van der Waals surface area contributed by atoms with Crippen molar-refractivity contribution in [3.63, 3.8) is 0 Å². The summed E-state index contributed by atoms with van der Waals surface area (Å²) in [6.45, 7) is 0. The van der Waals surface area contributed by atoms with Crippen LogP contribution >= 0.6 is 23.5 Å². The second-order valence-electron chi connectivity index (χ2n) is 2.63. The van der Waals surface area contributed by atoms with Crippen LogP contribution in [0.5, 0.6) is 0 Å². The Morgan fingerprint density at radius 3 is 2.57 bits per heavy atom. The van der Waals surface area contributed by atoms with Crippen molar-refractivity contribution < 1.29 is 22.8 Å². The van der Waals surface area contributed by atoms with Crippen molar-refractivity contribution in [2.24, 2.45) is 0 Å². The van der Waals surface area contributed by atoms with Gasteiger partial charge in [-0.1, -0.05) is 0 Å². The van der Waals surface area contributed by atoms with Crippen LogP contribution in [0.15, 0.2) is 0 Å². The van der Waals surface area contributed by atoms with Gasteiger partial charge in [0.1, 0.15) is 5.25 Å². The summed E-state index contributed by atoms with van der Waals surface area (Å²) in [5.74, 6) is -1.53. The van der Waals surface area contributed by atoms with Gasteiger partial charge in [-0.15, -0.1) is 11.8 Å². The highest BCUT2D eigenvalue weighted by Crippen LogP contribution is 2.28. The van der Waals surface area contributed by atoms with Crippen LogP contribution in [0, 0.1) is 0 Å². The number of rotatable bonds is 1. The molecule has 0 saturated carbocycles. The van der Waals surface area contributed by atoms with Gasteiger partial charge in [-0.2, -0.15) is 24.9 Å². The maximum Gasteiger partial charge on any atom is 0.451 e. The first-order chi connectivity index (χ1) is 6.43. The number of alkyl halides is 3. The molecule has 2 nitrogen and oxygen atoms in total. The summed E-state index contributed by atoms with van der Waals surface area (Å²) in [5.41, 5.74) is 0. The van der Waals surface area contributed by atoms with Crippen molar-refractivity contribution in [3.05, 3.63) is 0 Å². The molecule has 1 rings (SSSR count). The minimum absolute atomic E-state index is 0.000509. The highest BCUT2D eigenvalue weighted by Gasteiger charge is 2.46. The van der Waals surface area contributed by atoms with Crippen LogP contribution in [0.1, 0.15) is 0 Å². The fourth-order valence-corrected chi connectivity index (χ4v) is 3.20. The normalized spacial score (nSPS) is 24.5. The molecule has 1 unspecified atom stereocenters. The van der Waals surface area contributed by atoms with E-state index < -0.39 is 23.0 Å². The fourth-order valence-electron chi connectivity index (χ4n) is 0.937. The number of hydrogen-bond acceptors (Lipinski definition) is 4. The number of carbonyl (C=O) groups is 2. The zero-order chi connectivity index (χ0) is 10.8. The van der Waals surface area contributed by atoms with Crippen molar-refractivity contribution in [2.75, 3.05) is 17.3 Å². The third-order valence-electron chi connectivity index (χ3n) is 1.57. The van der Waals surface area contributed by atoms with Crippen molar-refractivity contribution in [1.29, 1.82) is 0 Å². The number of hydrogen-bond donors (Lipinski definition) is 0. The molecule has 0 aromatic rings. The number of ketones is 2. The zero-order valence-corrected chi connectivity index (χ0v) is 8.60. The molecule has 0 aromatic heterocycles. The smallest absolute Gasteiger partial charge is 0.297 e. The first-order valence-corrected chi connectivity index (χ1v) is 5.96. The average Bonchev–Trinajstić information content (AvgIpc) is 2.27. The van der Waals surface area contributed by atoms with Crippen LogP contribution in [-0.4, -0.2) is 40.3 Å². The van der Waals surface area contributed by atoms with E-state index in [9.17, 15) is 22.8 Å². The molecule has 1 aliphatic heterocycles. The Balaban J connectivity index is 2.74. The fraction of sp³-hybridized carbons (Fsp3) is 0.714.